The standard InChI is InChI=1S/C17H16N2O/c1-11-5-3-4-6-14(11)17-18-15-8-7-13(9-12(2)20)10-16(15)19-17/h3-8,10H,9H2,1-2H3,(H,18,19). The number of Topliss-reactive ketones (excluding diaryl/α,β-unsaturated/α-hetero) is 1. The van der Waals surface area contributed by atoms with Crippen molar-refractivity contribution in [2.24, 2.45) is 0 Å². The van der Waals surface area contributed by atoms with Gasteiger partial charge in [-0.1, -0.05) is 30.3 Å². The Bertz CT molecular complexity index is 787. The lowest BCUT2D eigenvalue weighted by Crippen LogP contribution is -1.95. The first-order chi connectivity index (χ1) is 9.63. The molecule has 3 heteroatoms. The normalized spacial score (nSPS) is 10.9. The number of carbonyl (C=O) groups is 1. The van der Waals surface area contributed by atoms with Crippen LogP contribution in [-0.2, 0) is 11.2 Å². The number of H-pyrrole nitrogens is 1. The first kappa shape index (κ1) is 12.6. The van der Waals surface area contributed by atoms with Gasteiger partial charge in [-0.3, -0.25) is 4.79 Å². The predicted octanol–water partition coefficient (Wildman–Crippen LogP) is 3.67. The van der Waals surface area contributed by atoms with E-state index in [1.807, 2.05) is 30.3 Å². The largest absolute Gasteiger partial charge is 0.338 e. The SMILES string of the molecule is CC(=O)Cc1ccc2nc(-c3ccccc3C)[nH]c2c1. The molecule has 0 radical (unpaired) electrons. The highest BCUT2D eigenvalue weighted by molar-refractivity contribution is 5.83. The number of aromatic amines is 1. The molecule has 0 unspecified atom stereocenters. The molecule has 0 spiro atoms. The van der Waals surface area contributed by atoms with Crippen molar-refractivity contribution in [3.8, 4) is 11.4 Å². The Hall–Kier alpha value is -2.42. The molecule has 0 amide bonds. The van der Waals surface area contributed by atoms with Crippen LogP contribution in [-0.4, -0.2) is 15.8 Å². The average molecular weight is 264 g/mol. The Morgan fingerprint density at radius 1 is 1.20 bits per heavy atom. The molecule has 0 fully saturated rings. The van der Waals surface area contributed by atoms with E-state index in [0.29, 0.717) is 6.42 Å². The fourth-order valence-electron chi connectivity index (χ4n) is 2.42. The highest BCUT2D eigenvalue weighted by Gasteiger charge is 2.08. The predicted molar refractivity (Wildman–Crippen MR) is 80.7 cm³/mol. The molecule has 3 rings (SSSR count). The number of aryl methyl sites for hydroxylation is 1. The van der Waals surface area contributed by atoms with Gasteiger partial charge in [0.1, 0.15) is 11.6 Å². The number of nitrogens with one attached hydrogen (secondary N) is 1. The van der Waals surface area contributed by atoms with Gasteiger partial charge in [0.25, 0.3) is 0 Å². The fourth-order valence-corrected chi connectivity index (χ4v) is 2.42. The molecule has 0 atom stereocenters. The minimum absolute atomic E-state index is 0.169. The van der Waals surface area contributed by atoms with Crippen LogP contribution in [0.5, 0.6) is 0 Å². The zero-order chi connectivity index (χ0) is 14.1. The lowest BCUT2D eigenvalue weighted by atomic mass is 10.1. The monoisotopic (exact) mass is 264 g/mol. The van der Waals surface area contributed by atoms with E-state index in [1.54, 1.807) is 6.92 Å². The molecule has 1 heterocycles. The molecule has 1 N–H and O–H groups in total. The number of imidazole rings is 1. The summed E-state index contributed by atoms with van der Waals surface area (Å²) in [7, 11) is 0. The quantitative estimate of drug-likeness (QED) is 0.784. The summed E-state index contributed by atoms with van der Waals surface area (Å²) >= 11 is 0. The van der Waals surface area contributed by atoms with E-state index in [4.69, 9.17) is 0 Å². The lowest BCUT2D eigenvalue weighted by Gasteiger charge is -2.00. The fraction of sp³-hybridized carbons (Fsp3) is 0.176. The third kappa shape index (κ3) is 2.35. The molecule has 0 aliphatic heterocycles. The first-order valence-corrected chi connectivity index (χ1v) is 6.67. The Labute approximate surface area is 117 Å². The van der Waals surface area contributed by atoms with Gasteiger partial charge in [0, 0.05) is 12.0 Å². The molecule has 0 saturated heterocycles. The van der Waals surface area contributed by atoms with Crippen LogP contribution in [0.4, 0.5) is 0 Å². The number of benzene rings is 2. The van der Waals surface area contributed by atoms with Gasteiger partial charge in [-0.05, 0) is 37.1 Å². The second kappa shape index (κ2) is 4.93. The number of carbonyl (C=O) groups excluding carboxylic acids is 1. The van der Waals surface area contributed by atoms with Crippen molar-refractivity contribution in [1.82, 2.24) is 9.97 Å². The summed E-state index contributed by atoms with van der Waals surface area (Å²) in [4.78, 5) is 19.2. The first-order valence-electron chi connectivity index (χ1n) is 6.67. The molecule has 20 heavy (non-hydrogen) atoms. The van der Waals surface area contributed by atoms with Crippen molar-refractivity contribution in [2.75, 3.05) is 0 Å². The minimum atomic E-state index is 0.169. The molecule has 3 nitrogen and oxygen atoms in total. The van der Waals surface area contributed by atoms with Crippen LogP contribution in [0.2, 0.25) is 0 Å². The van der Waals surface area contributed by atoms with Crippen molar-refractivity contribution < 1.29 is 4.79 Å². The van der Waals surface area contributed by atoms with Crippen molar-refractivity contribution >= 4 is 16.8 Å². The Balaban J connectivity index is 2.07. The Kier molecular flexibility index (Phi) is 3.11. The number of rotatable bonds is 3. The zero-order valence-corrected chi connectivity index (χ0v) is 11.6. The van der Waals surface area contributed by atoms with Gasteiger partial charge in [0.2, 0.25) is 0 Å². The number of nitrogens with zero attached hydrogens (tertiary/aromatic N) is 1. The van der Waals surface area contributed by atoms with Crippen LogP contribution < -0.4 is 0 Å². The van der Waals surface area contributed by atoms with Gasteiger partial charge >= 0.3 is 0 Å². The second-order valence-electron chi connectivity index (χ2n) is 5.13. The summed E-state index contributed by atoms with van der Waals surface area (Å²) in [6.07, 6.45) is 0.467. The molecular formula is C17H16N2O. The second-order valence-corrected chi connectivity index (χ2v) is 5.13. The van der Waals surface area contributed by atoms with E-state index >= 15 is 0 Å². The smallest absolute Gasteiger partial charge is 0.138 e. The highest BCUT2D eigenvalue weighted by Crippen LogP contribution is 2.24. The van der Waals surface area contributed by atoms with Gasteiger partial charge in [-0.15, -0.1) is 0 Å². The number of ketones is 1. The topological polar surface area (TPSA) is 45.8 Å². The Morgan fingerprint density at radius 2 is 2.00 bits per heavy atom. The van der Waals surface area contributed by atoms with Gasteiger partial charge in [-0.25, -0.2) is 4.98 Å². The van der Waals surface area contributed by atoms with E-state index in [0.717, 1.165) is 28.0 Å². The van der Waals surface area contributed by atoms with Crippen molar-refractivity contribution in [2.45, 2.75) is 20.3 Å². The van der Waals surface area contributed by atoms with Crippen LogP contribution in [0, 0.1) is 6.92 Å². The Morgan fingerprint density at radius 3 is 2.75 bits per heavy atom. The minimum Gasteiger partial charge on any atom is -0.338 e. The van der Waals surface area contributed by atoms with Gasteiger partial charge < -0.3 is 4.98 Å². The van der Waals surface area contributed by atoms with Gasteiger partial charge in [-0.2, -0.15) is 0 Å². The number of hydrogen-bond acceptors (Lipinski definition) is 2. The van der Waals surface area contributed by atoms with Gasteiger partial charge in [0.15, 0.2) is 0 Å². The van der Waals surface area contributed by atoms with E-state index in [9.17, 15) is 4.79 Å². The molecular weight excluding hydrogens is 248 g/mol. The van der Waals surface area contributed by atoms with Crippen LogP contribution in [0.3, 0.4) is 0 Å². The summed E-state index contributed by atoms with van der Waals surface area (Å²) in [5.74, 6) is 1.04. The van der Waals surface area contributed by atoms with Gasteiger partial charge in [0.05, 0.1) is 11.0 Å². The molecule has 100 valence electrons. The summed E-state index contributed by atoms with van der Waals surface area (Å²) in [5, 5.41) is 0. The number of aromatic nitrogens is 2. The molecule has 2 aromatic carbocycles. The maximum absolute atomic E-state index is 11.2. The summed E-state index contributed by atoms with van der Waals surface area (Å²) in [5.41, 5.74) is 5.22. The average Bonchev–Trinajstić information content (AvgIpc) is 2.81. The van der Waals surface area contributed by atoms with E-state index < -0.39 is 0 Å². The highest BCUT2D eigenvalue weighted by atomic mass is 16.1. The molecule has 0 aliphatic rings. The van der Waals surface area contributed by atoms with Crippen molar-refractivity contribution in [1.29, 1.82) is 0 Å². The molecule has 0 aliphatic carbocycles. The number of hydrogen-bond donors (Lipinski definition) is 1. The maximum Gasteiger partial charge on any atom is 0.138 e. The zero-order valence-electron chi connectivity index (χ0n) is 11.6. The molecule has 3 aromatic rings. The summed E-state index contributed by atoms with van der Waals surface area (Å²) in [6.45, 7) is 3.68. The third-order valence-electron chi connectivity index (χ3n) is 3.40. The molecule has 1 aromatic heterocycles. The van der Waals surface area contributed by atoms with Crippen LogP contribution in [0.25, 0.3) is 22.4 Å². The van der Waals surface area contributed by atoms with Crippen LogP contribution >= 0.6 is 0 Å². The molecule has 0 bridgehead atoms. The van der Waals surface area contributed by atoms with Crippen molar-refractivity contribution in [3.63, 3.8) is 0 Å². The lowest BCUT2D eigenvalue weighted by molar-refractivity contribution is -0.116. The van der Waals surface area contributed by atoms with E-state index in [2.05, 4.69) is 29.0 Å². The summed E-state index contributed by atoms with van der Waals surface area (Å²) in [6, 6.07) is 14.1. The molecule has 0 saturated carbocycles. The third-order valence-corrected chi connectivity index (χ3v) is 3.40. The van der Waals surface area contributed by atoms with E-state index in [-0.39, 0.29) is 5.78 Å². The van der Waals surface area contributed by atoms with Crippen molar-refractivity contribution in [3.05, 3.63) is 53.6 Å². The van der Waals surface area contributed by atoms with E-state index in [1.165, 1.54) is 5.56 Å². The summed E-state index contributed by atoms with van der Waals surface area (Å²) < 4.78 is 0. The number of fused-ring (bicyclic) bond motifs is 1. The maximum atomic E-state index is 11.2. The van der Waals surface area contributed by atoms with Crippen LogP contribution in [0.15, 0.2) is 42.5 Å². The van der Waals surface area contributed by atoms with Crippen LogP contribution in [0.1, 0.15) is 18.1 Å².